The van der Waals surface area contributed by atoms with Gasteiger partial charge in [0.05, 0.1) is 5.69 Å². The molecule has 3 heterocycles. The second-order valence-electron chi connectivity index (χ2n) is 4.69. The summed E-state index contributed by atoms with van der Waals surface area (Å²) in [5.41, 5.74) is 2.33. The summed E-state index contributed by atoms with van der Waals surface area (Å²) in [4.78, 5) is 7.26. The highest BCUT2D eigenvalue weighted by atomic mass is 32.2. The van der Waals surface area contributed by atoms with Crippen LogP contribution in [0.5, 0.6) is 0 Å². The predicted molar refractivity (Wildman–Crippen MR) is 82.1 cm³/mol. The summed E-state index contributed by atoms with van der Waals surface area (Å²) in [5.74, 6) is 3.57. The van der Waals surface area contributed by atoms with E-state index in [1.54, 1.807) is 0 Å². The molecule has 4 nitrogen and oxygen atoms in total. The highest BCUT2D eigenvalue weighted by molar-refractivity contribution is 7.99. The van der Waals surface area contributed by atoms with Gasteiger partial charge in [-0.3, -0.25) is 0 Å². The zero-order chi connectivity index (χ0) is 13.1. The molecule has 2 aromatic rings. The number of fused-ring (bicyclic) bond motifs is 1. The van der Waals surface area contributed by atoms with Gasteiger partial charge >= 0.3 is 0 Å². The summed E-state index contributed by atoms with van der Waals surface area (Å²) < 4.78 is 2.21. The average molecular weight is 276 g/mol. The summed E-state index contributed by atoms with van der Waals surface area (Å²) in [6.07, 6.45) is 2.11. The Morgan fingerprint density at radius 3 is 2.95 bits per heavy atom. The molecule has 1 aliphatic rings. The van der Waals surface area contributed by atoms with Crippen LogP contribution in [0, 0.1) is 0 Å². The van der Waals surface area contributed by atoms with E-state index in [2.05, 4.69) is 45.9 Å². The predicted octanol–water partition coefficient (Wildman–Crippen LogP) is 2.00. The molecular formula is C14H20N4S. The summed E-state index contributed by atoms with van der Waals surface area (Å²) >= 11 is 2.03. The first-order chi connectivity index (χ1) is 9.40. The Bertz CT molecular complexity index is 545. The molecule has 5 heteroatoms. The fourth-order valence-corrected chi connectivity index (χ4v) is 3.37. The van der Waals surface area contributed by atoms with Gasteiger partial charge in [0.1, 0.15) is 5.65 Å². The third-order valence-corrected chi connectivity index (χ3v) is 4.40. The van der Waals surface area contributed by atoms with Crippen LogP contribution in [0.4, 0.5) is 5.82 Å². The molecule has 1 fully saturated rings. The van der Waals surface area contributed by atoms with Crippen molar-refractivity contribution in [1.29, 1.82) is 0 Å². The minimum atomic E-state index is 0.876. The van der Waals surface area contributed by atoms with Crippen LogP contribution in [0.3, 0.4) is 0 Å². The topological polar surface area (TPSA) is 32.6 Å². The lowest BCUT2D eigenvalue weighted by Gasteiger charge is -2.27. The molecule has 0 saturated carbocycles. The van der Waals surface area contributed by atoms with Gasteiger partial charge in [-0.1, -0.05) is 13.0 Å². The number of pyridine rings is 1. The van der Waals surface area contributed by atoms with Crippen LogP contribution in [0.2, 0.25) is 0 Å². The van der Waals surface area contributed by atoms with Crippen LogP contribution in [-0.4, -0.2) is 40.5 Å². The van der Waals surface area contributed by atoms with E-state index in [0.29, 0.717) is 0 Å². The molecule has 19 heavy (non-hydrogen) atoms. The lowest BCUT2D eigenvalue weighted by atomic mass is 10.3. The molecule has 3 rings (SSSR count). The molecule has 0 aromatic carbocycles. The van der Waals surface area contributed by atoms with Crippen molar-refractivity contribution in [3.05, 3.63) is 30.1 Å². The van der Waals surface area contributed by atoms with E-state index >= 15 is 0 Å². The number of rotatable bonds is 4. The minimum absolute atomic E-state index is 0.876. The number of hydrogen-bond donors (Lipinski definition) is 1. The maximum absolute atomic E-state index is 4.83. The van der Waals surface area contributed by atoms with E-state index in [0.717, 1.165) is 37.6 Å². The van der Waals surface area contributed by atoms with E-state index in [-0.39, 0.29) is 0 Å². The molecule has 0 atom stereocenters. The SMILES string of the molecule is CCNCc1c(N2CCSCC2)nc2ccccn12. The van der Waals surface area contributed by atoms with Crippen LogP contribution in [0.15, 0.2) is 24.4 Å². The molecule has 1 N–H and O–H groups in total. The number of imidazole rings is 1. The number of aromatic nitrogens is 2. The molecular weight excluding hydrogens is 256 g/mol. The second-order valence-corrected chi connectivity index (χ2v) is 5.92. The normalized spacial score (nSPS) is 16.2. The molecule has 0 bridgehead atoms. The Labute approximate surface area is 118 Å². The first kappa shape index (κ1) is 12.8. The number of hydrogen-bond acceptors (Lipinski definition) is 4. The molecule has 0 aliphatic carbocycles. The van der Waals surface area contributed by atoms with Crippen LogP contribution < -0.4 is 10.2 Å². The third kappa shape index (κ3) is 2.58. The van der Waals surface area contributed by atoms with Gasteiger partial charge in [-0.05, 0) is 18.7 Å². The Morgan fingerprint density at radius 1 is 1.32 bits per heavy atom. The van der Waals surface area contributed by atoms with E-state index in [9.17, 15) is 0 Å². The van der Waals surface area contributed by atoms with Gasteiger partial charge in [0.15, 0.2) is 5.82 Å². The van der Waals surface area contributed by atoms with E-state index in [1.165, 1.54) is 17.2 Å². The van der Waals surface area contributed by atoms with Gasteiger partial charge in [-0.25, -0.2) is 4.98 Å². The van der Waals surface area contributed by atoms with E-state index in [4.69, 9.17) is 4.98 Å². The largest absolute Gasteiger partial charge is 0.353 e. The number of nitrogens with zero attached hydrogens (tertiary/aromatic N) is 3. The van der Waals surface area contributed by atoms with Gasteiger partial charge in [0.2, 0.25) is 0 Å². The number of nitrogens with one attached hydrogen (secondary N) is 1. The van der Waals surface area contributed by atoms with Crippen LogP contribution >= 0.6 is 11.8 Å². The van der Waals surface area contributed by atoms with Gasteiger partial charge in [-0.2, -0.15) is 11.8 Å². The van der Waals surface area contributed by atoms with Crippen LogP contribution in [0.25, 0.3) is 5.65 Å². The molecule has 0 spiro atoms. The van der Waals surface area contributed by atoms with Crippen molar-refractivity contribution < 1.29 is 0 Å². The van der Waals surface area contributed by atoms with E-state index in [1.807, 2.05) is 11.8 Å². The quantitative estimate of drug-likeness (QED) is 0.926. The van der Waals surface area contributed by atoms with Gasteiger partial charge in [0, 0.05) is 37.3 Å². The van der Waals surface area contributed by atoms with Crippen molar-refractivity contribution >= 4 is 23.2 Å². The fraction of sp³-hybridized carbons (Fsp3) is 0.500. The van der Waals surface area contributed by atoms with Gasteiger partial charge in [0.25, 0.3) is 0 Å². The lowest BCUT2D eigenvalue weighted by molar-refractivity contribution is 0.699. The zero-order valence-corrected chi connectivity index (χ0v) is 12.1. The molecule has 0 amide bonds. The molecule has 1 saturated heterocycles. The third-order valence-electron chi connectivity index (χ3n) is 3.46. The lowest BCUT2D eigenvalue weighted by Crippen LogP contribution is -2.34. The number of anilines is 1. The van der Waals surface area contributed by atoms with Crippen molar-refractivity contribution in [2.45, 2.75) is 13.5 Å². The van der Waals surface area contributed by atoms with Crippen LogP contribution in [-0.2, 0) is 6.54 Å². The first-order valence-electron chi connectivity index (χ1n) is 6.89. The Hall–Kier alpha value is -1.20. The summed E-state index contributed by atoms with van der Waals surface area (Å²) in [7, 11) is 0. The highest BCUT2D eigenvalue weighted by Gasteiger charge is 2.19. The zero-order valence-electron chi connectivity index (χ0n) is 11.3. The maximum atomic E-state index is 4.83. The monoisotopic (exact) mass is 276 g/mol. The molecule has 102 valence electrons. The molecule has 0 unspecified atom stereocenters. The van der Waals surface area contributed by atoms with Gasteiger partial charge < -0.3 is 14.6 Å². The smallest absolute Gasteiger partial charge is 0.152 e. The molecule has 0 radical (unpaired) electrons. The standard InChI is InChI=1S/C14H20N4S/c1-2-15-11-12-14(17-7-9-19-10-8-17)16-13-5-3-4-6-18(12)13/h3-6,15H,2,7-11H2,1H3. The first-order valence-corrected chi connectivity index (χ1v) is 8.05. The molecule has 1 aliphatic heterocycles. The van der Waals surface area contributed by atoms with Crippen molar-refractivity contribution in [3.63, 3.8) is 0 Å². The van der Waals surface area contributed by atoms with Crippen molar-refractivity contribution in [3.8, 4) is 0 Å². The summed E-state index contributed by atoms with van der Waals surface area (Å²) in [5, 5.41) is 3.43. The van der Waals surface area contributed by atoms with Crippen molar-refractivity contribution in [2.75, 3.05) is 36.0 Å². The summed E-state index contributed by atoms with van der Waals surface area (Å²) in [6.45, 7) is 6.21. The number of thioether (sulfide) groups is 1. The van der Waals surface area contributed by atoms with E-state index < -0.39 is 0 Å². The Kier molecular flexibility index (Phi) is 3.94. The average Bonchev–Trinajstić information content (AvgIpc) is 2.85. The Morgan fingerprint density at radius 2 is 2.16 bits per heavy atom. The van der Waals surface area contributed by atoms with Crippen molar-refractivity contribution in [2.24, 2.45) is 0 Å². The minimum Gasteiger partial charge on any atom is -0.353 e. The van der Waals surface area contributed by atoms with Gasteiger partial charge in [-0.15, -0.1) is 0 Å². The Balaban J connectivity index is 2.00. The fourth-order valence-electron chi connectivity index (χ4n) is 2.47. The molecule has 2 aromatic heterocycles. The summed E-state index contributed by atoms with van der Waals surface area (Å²) in [6, 6.07) is 6.20. The maximum Gasteiger partial charge on any atom is 0.152 e. The van der Waals surface area contributed by atoms with Crippen molar-refractivity contribution in [1.82, 2.24) is 14.7 Å². The highest BCUT2D eigenvalue weighted by Crippen LogP contribution is 2.24. The second kappa shape index (κ2) is 5.84. The van der Waals surface area contributed by atoms with Crippen LogP contribution in [0.1, 0.15) is 12.6 Å².